The third kappa shape index (κ3) is 3.08. The first-order valence-corrected chi connectivity index (χ1v) is 7.20. The van der Waals surface area contributed by atoms with Crippen LogP contribution >= 0.6 is 11.8 Å². The van der Waals surface area contributed by atoms with Gasteiger partial charge in [-0.3, -0.25) is 10.1 Å². The minimum Gasteiger partial charge on any atom is -0.472 e. The molecular weight excluding hydrogens is 276 g/mol. The molecule has 104 valence electrons. The van der Waals surface area contributed by atoms with E-state index in [9.17, 15) is 10.1 Å². The molecule has 1 heterocycles. The van der Waals surface area contributed by atoms with Gasteiger partial charge in [0.05, 0.1) is 10.5 Å². The topological polar surface area (TPSA) is 65.3 Å². The summed E-state index contributed by atoms with van der Waals surface area (Å²) in [6.07, 6.45) is 3.52. The molecule has 5 nitrogen and oxygen atoms in total. The number of ether oxygens (including phenoxy) is 1. The van der Waals surface area contributed by atoms with Crippen molar-refractivity contribution >= 4 is 17.4 Å². The summed E-state index contributed by atoms with van der Waals surface area (Å²) >= 11 is 1.46. The van der Waals surface area contributed by atoms with Crippen molar-refractivity contribution in [3.05, 3.63) is 57.8 Å². The van der Waals surface area contributed by atoms with Crippen LogP contribution in [0.5, 0.6) is 5.88 Å². The highest BCUT2D eigenvalue weighted by Gasteiger charge is 2.18. The first-order valence-electron chi connectivity index (χ1n) is 5.98. The Labute approximate surface area is 121 Å². The zero-order chi connectivity index (χ0) is 14.5. The zero-order valence-corrected chi connectivity index (χ0v) is 12.0. The number of hydrogen-bond donors (Lipinski definition) is 0. The molecule has 0 amide bonds. The number of thioether (sulfide) groups is 1. The first-order chi connectivity index (χ1) is 9.63. The van der Waals surface area contributed by atoms with Crippen LogP contribution in [0.15, 0.2) is 41.4 Å². The molecule has 0 N–H and O–H groups in total. The molecule has 1 aromatic heterocycles. The van der Waals surface area contributed by atoms with E-state index in [1.807, 2.05) is 31.4 Å². The van der Waals surface area contributed by atoms with Crippen LogP contribution in [-0.4, -0.2) is 16.2 Å². The van der Waals surface area contributed by atoms with Crippen LogP contribution in [0.4, 0.5) is 5.69 Å². The molecule has 20 heavy (non-hydrogen) atoms. The predicted molar refractivity (Wildman–Crippen MR) is 78.2 cm³/mol. The van der Waals surface area contributed by atoms with Gasteiger partial charge in [0.1, 0.15) is 6.61 Å². The first kappa shape index (κ1) is 14.3. The van der Waals surface area contributed by atoms with Gasteiger partial charge >= 0.3 is 0 Å². The number of aromatic nitrogens is 1. The molecular formula is C14H14N2O3S. The van der Waals surface area contributed by atoms with Gasteiger partial charge in [0.2, 0.25) is 5.88 Å². The fourth-order valence-electron chi connectivity index (χ4n) is 1.82. The van der Waals surface area contributed by atoms with Gasteiger partial charge in [-0.05, 0) is 25.3 Å². The van der Waals surface area contributed by atoms with Gasteiger partial charge in [-0.1, -0.05) is 12.1 Å². The molecule has 0 radical (unpaired) electrons. The van der Waals surface area contributed by atoms with Gasteiger partial charge in [0.25, 0.3) is 5.69 Å². The fourth-order valence-corrected chi connectivity index (χ4v) is 2.45. The molecule has 0 bridgehead atoms. The number of nitro groups is 1. The van der Waals surface area contributed by atoms with E-state index in [0.29, 0.717) is 11.4 Å². The molecule has 2 aromatic rings. The molecule has 0 fully saturated rings. The van der Waals surface area contributed by atoms with Crippen molar-refractivity contribution in [2.75, 3.05) is 6.26 Å². The van der Waals surface area contributed by atoms with Crippen molar-refractivity contribution in [1.82, 2.24) is 4.98 Å². The summed E-state index contributed by atoms with van der Waals surface area (Å²) in [4.78, 5) is 15.7. The maximum absolute atomic E-state index is 11.1. The molecule has 0 spiro atoms. The highest BCUT2D eigenvalue weighted by Crippen LogP contribution is 2.29. The molecule has 0 aliphatic carbocycles. The molecule has 0 unspecified atom stereocenters. The van der Waals surface area contributed by atoms with E-state index in [2.05, 4.69) is 4.98 Å². The van der Waals surface area contributed by atoms with Gasteiger partial charge in [0.15, 0.2) is 0 Å². The Kier molecular flexibility index (Phi) is 4.57. The molecule has 0 aliphatic rings. The summed E-state index contributed by atoms with van der Waals surface area (Å²) in [6.45, 7) is 2.02. The van der Waals surface area contributed by atoms with Crippen LogP contribution in [0.3, 0.4) is 0 Å². The van der Waals surface area contributed by atoms with Crippen LogP contribution in [0.1, 0.15) is 11.1 Å². The lowest BCUT2D eigenvalue weighted by Crippen LogP contribution is -2.04. The predicted octanol–water partition coefficient (Wildman–Crippen LogP) is 3.60. The van der Waals surface area contributed by atoms with E-state index >= 15 is 0 Å². The Hall–Kier alpha value is -2.08. The zero-order valence-electron chi connectivity index (χ0n) is 11.2. The van der Waals surface area contributed by atoms with Crippen molar-refractivity contribution in [3.8, 4) is 5.88 Å². The minimum atomic E-state index is -0.385. The highest BCUT2D eigenvalue weighted by molar-refractivity contribution is 7.98. The van der Waals surface area contributed by atoms with Gasteiger partial charge < -0.3 is 4.74 Å². The highest BCUT2D eigenvalue weighted by atomic mass is 32.2. The maximum Gasteiger partial charge on any atom is 0.277 e. The van der Waals surface area contributed by atoms with E-state index in [0.717, 1.165) is 10.5 Å². The summed E-state index contributed by atoms with van der Waals surface area (Å²) in [7, 11) is 0. The van der Waals surface area contributed by atoms with Gasteiger partial charge in [-0.2, -0.15) is 0 Å². The van der Waals surface area contributed by atoms with Crippen LogP contribution in [0, 0.1) is 17.0 Å². The lowest BCUT2D eigenvalue weighted by atomic mass is 10.2. The number of aryl methyl sites for hydroxylation is 1. The monoisotopic (exact) mass is 290 g/mol. The third-order valence-corrected chi connectivity index (χ3v) is 3.66. The summed E-state index contributed by atoms with van der Waals surface area (Å²) in [5.41, 5.74) is 1.55. The lowest BCUT2D eigenvalue weighted by molar-refractivity contribution is -0.386. The Balaban J connectivity index is 2.29. The van der Waals surface area contributed by atoms with Crippen LogP contribution in [-0.2, 0) is 6.61 Å². The second-order valence-electron chi connectivity index (χ2n) is 4.13. The second kappa shape index (κ2) is 6.38. The Bertz CT molecular complexity index is 632. The quantitative estimate of drug-likeness (QED) is 0.478. The van der Waals surface area contributed by atoms with E-state index in [1.54, 1.807) is 12.3 Å². The number of nitrogens with zero attached hydrogens (tertiary/aromatic N) is 2. The average Bonchev–Trinajstić information content (AvgIpc) is 2.46. The van der Waals surface area contributed by atoms with E-state index < -0.39 is 0 Å². The van der Waals surface area contributed by atoms with E-state index in [-0.39, 0.29) is 17.2 Å². The second-order valence-corrected chi connectivity index (χ2v) is 4.98. The Morgan fingerprint density at radius 3 is 2.80 bits per heavy atom. The van der Waals surface area contributed by atoms with Crippen molar-refractivity contribution in [2.45, 2.75) is 18.4 Å². The lowest BCUT2D eigenvalue weighted by Gasteiger charge is -2.10. The number of pyridine rings is 1. The number of rotatable bonds is 5. The average molecular weight is 290 g/mol. The van der Waals surface area contributed by atoms with Crippen LogP contribution < -0.4 is 4.74 Å². The summed E-state index contributed by atoms with van der Waals surface area (Å²) in [5.74, 6) is 0.498. The molecule has 2 rings (SSSR count). The van der Waals surface area contributed by atoms with Crippen molar-refractivity contribution in [3.63, 3.8) is 0 Å². The third-order valence-electron chi connectivity index (χ3n) is 2.84. The van der Waals surface area contributed by atoms with E-state index in [4.69, 9.17) is 4.74 Å². The Morgan fingerprint density at radius 1 is 1.35 bits per heavy atom. The fraction of sp³-hybridized carbons (Fsp3) is 0.214. The molecule has 0 atom stereocenters. The summed E-state index contributed by atoms with van der Waals surface area (Å²) in [5, 5.41) is 11.1. The van der Waals surface area contributed by atoms with Crippen molar-refractivity contribution < 1.29 is 9.66 Å². The standard InChI is InChI=1S/C14H14N2O3S/c1-10-5-4-8-15-14(10)19-9-11-12(16(17)18)6-3-7-13(11)20-2/h3-8H,9H2,1-2H3. The maximum atomic E-state index is 11.1. The Morgan fingerprint density at radius 2 is 2.15 bits per heavy atom. The van der Waals surface area contributed by atoms with Crippen LogP contribution in [0.25, 0.3) is 0 Å². The molecule has 1 aromatic carbocycles. The molecule has 6 heteroatoms. The number of benzene rings is 1. The van der Waals surface area contributed by atoms with E-state index in [1.165, 1.54) is 17.8 Å². The number of nitro benzene ring substituents is 1. The van der Waals surface area contributed by atoms with Gasteiger partial charge in [-0.25, -0.2) is 4.98 Å². The van der Waals surface area contributed by atoms with Crippen molar-refractivity contribution in [2.24, 2.45) is 0 Å². The molecule has 0 saturated heterocycles. The smallest absolute Gasteiger partial charge is 0.277 e. The molecule has 0 aliphatic heterocycles. The van der Waals surface area contributed by atoms with Gasteiger partial charge in [-0.15, -0.1) is 11.8 Å². The molecule has 0 saturated carbocycles. The SMILES string of the molecule is CSc1cccc([N+](=O)[O-])c1COc1ncccc1C. The largest absolute Gasteiger partial charge is 0.472 e. The van der Waals surface area contributed by atoms with Gasteiger partial charge in [0, 0.05) is 22.7 Å². The summed E-state index contributed by atoms with van der Waals surface area (Å²) in [6, 6.07) is 8.72. The van der Waals surface area contributed by atoms with Crippen LogP contribution in [0.2, 0.25) is 0 Å². The number of hydrogen-bond acceptors (Lipinski definition) is 5. The minimum absolute atomic E-state index is 0.0745. The normalized spacial score (nSPS) is 10.3. The van der Waals surface area contributed by atoms with Crippen molar-refractivity contribution in [1.29, 1.82) is 0 Å². The summed E-state index contributed by atoms with van der Waals surface area (Å²) < 4.78 is 5.63.